The molecule has 1 rings (SSSR count). The normalized spacial score (nSPS) is 11.5. The first-order valence-electron chi connectivity index (χ1n) is 6.27. The molecule has 1 aromatic heterocycles. The summed E-state index contributed by atoms with van der Waals surface area (Å²) in [5.74, 6) is 2.46. The van der Waals surface area contributed by atoms with Gasteiger partial charge in [-0.25, -0.2) is 9.97 Å². The van der Waals surface area contributed by atoms with E-state index in [1.165, 1.54) is 0 Å². The van der Waals surface area contributed by atoms with E-state index in [0.717, 1.165) is 29.6 Å². The fourth-order valence-corrected chi connectivity index (χ4v) is 1.98. The number of hydrogen-bond donors (Lipinski definition) is 2. The highest BCUT2D eigenvalue weighted by Gasteiger charge is 2.19. The van der Waals surface area contributed by atoms with E-state index in [1.54, 1.807) is 13.8 Å². The van der Waals surface area contributed by atoms with E-state index in [4.69, 9.17) is 0 Å². The standard InChI is InChI=1S/C13H24N4O/c1-7-14-11-9(2)12(16-10(3)15-11)17(6)8-13(4,5)18/h18H,7-8H2,1-6H3,(H,14,15,16). The first-order valence-corrected chi connectivity index (χ1v) is 6.27. The van der Waals surface area contributed by atoms with Gasteiger partial charge in [0.05, 0.1) is 5.60 Å². The molecule has 0 unspecified atom stereocenters. The lowest BCUT2D eigenvalue weighted by Crippen LogP contribution is -2.37. The van der Waals surface area contributed by atoms with Crippen molar-refractivity contribution in [2.75, 3.05) is 30.4 Å². The molecule has 0 radical (unpaired) electrons. The van der Waals surface area contributed by atoms with Crippen LogP contribution in [0, 0.1) is 13.8 Å². The molecule has 0 amide bonds. The molecule has 18 heavy (non-hydrogen) atoms. The van der Waals surface area contributed by atoms with E-state index in [9.17, 15) is 5.11 Å². The van der Waals surface area contributed by atoms with Gasteiger partial charge in [-0.1, -0.05) is 0 Å². The second-order valence-electron chi connectivity index (χ2n) is 5.27. The van der Waals surface area contributed by atoms with E-state index >= 15 is 0 Å². The van der Waals surface area contributed by atoms with Gasteiger partial charge in [-0.15, -0.1) is 0 Å². The van der Waals surface area contributed by atoms with Crippen LogP contribution in [0.4, 0.5) is 11.6 Å². The SMILES string of the molecule is CCNc1nc(C)nc(N(C)CC(C)(C)O)c1C. The van der Waals surface area contributed by atoms with Gasteiger partial charge in [-0.05, 0) is 34.6 Å². The highest BCUT2D eigenvalue weighted by molar-refractivity contribution is 5.58. The molecule has 0 fully saturated rings. The van der Waals surface area contributed by atoms with E-state index in [0.29, 0.717) is 6.54 Å². The summed E-state index contributed by atoms with van der Waals surface area (Å²) in [6.45, 7) is 10.8. The van der Waals surface area contributed by atoms with Gasteiger partial charge >= 0.3 is 0 Å². The van der Waals surface area contributed by atoms with Crippen LogP contribution in [0.2, 0.25) is 0 Å². The number of hydrogen-bond acceptors (Lipinski definition) is 5. The predicted octanol–water partition coefficient (Wildman–Crippen LogP) is 1.73. The summed E-state index contributed by atoms with van der Waals surface area (Å²) in [5.41, 5.74) is 0.257. The highest BCUT2D eigenvalue weighted by Crippen LogP contribution is 2.23. The Morgan fingerprint density at radius 1 is 1.28 bits per heavy atom. The molecular weight excluding hydrogens is 228 g/mol. The fraction of sp³-hybridized carbons (Fsp3) is 0.692. The van der Waals surface area contributed by atoms with Crippen LogP contribution in [0.3, 0.4) is 0 Å². The second-order valence-corrected chi connectivity index (χ2v) is 5.27. The van der Waals surface area contributed by atoms with Crippen LogP contribution < -0.4 is 10.2 Å². The molecule has 1 aromatic rings. The molecule has 0 saturated carbocycles. The van der Waals surface area contributed by atoms with Crippen molar-refractivity contribution in [3.05, 3.63) is 11.4 Å². The number of aromatic nitrogens is 2. The summed E-state index contributed by atoms with van der Waals surface area (Å²) >= 11 is 0. The molecule has 0 aliphatic rings. The average Bonchev–Trinajstić information content (AvgIpc) is 2.20. The first-order chi connectivity index (χ1) is 8.24. The molecule has 5 nitrogen and oxygen atoms in total. The smallest absolute Gasteiger partial charge is 0.137 e. The molecule has 5 heteroatoms. The predicted molar refractivity (Wildman–Crippen MR) is 75.2 cm³/mol. The Labute approximate surface area is 109 Å². The van der Waals surface area contributed by atoms with Gasteiger partial charge in [-0.3, -0.25) is 0 Å². The second kappa shape index (κ2) is 5.52. The Kier molecular flexibility index (Phi) is 4.51. The monoisotopic (exact) mass is 252 g/mol. The number of nitrogens with zero attached hydrogens (tertiary/aromatic N) is 3. The fourth-order valence-electron chi connectivity index (χ4n) is 1.98. The van der Waals surface area contributed by atoms with E-state index in [2.05, 4.69) is 15.3 Å². The quantitative estimate of drug-likeness (QED) is 0.835. The van der Waals surface area contributed by atoms with Gasteiger partial charge in [-0.2, -0.15) is 0 Å². The lowest BCUT2D eigenvalue weighted by Gasteiger charge is -2.28. The Hall–Kier alpha value is -1.36. The van der Waals surface area contributed by atoms with Crippen LogP contribution >= 0.6 is 0 Å². The largest absolute Gasteiger partial charge is 0.389 e. The third-order valence-corrected chi connectivity index (χ3v) is 2.56. The Morgan fingerprint density at radius 2 is 1.89 bits per heavy atom. The topological polar surface area (TPSA) is 61.3 Å². The van der Waals surface area contributed by atoms with E-state index in [1.807, 2.05) is 32.7 Å². The van der Waals surface area contributed by atoms with Crippen molar-refractivity contribution in [1.29, 1.82) is 0 Å². The number of rotatable bonds is 5. The van der Waals surface area contributed by atoms with Crippen LogP contribution in [0.15, 0.2) is 0 Å². The minimum absolute atomic E-state index is 0.524. The lowest BCUT2D eigenvalue weighted by atomic mass is 10.1. The number of aliphatic hydroxyl groups is 1. The average molecular weight is 252 g/mol. The van der Waals surface area contributed by atoms with E-state index < -0.39 is 5.60 Å². The maximum absolute atomic E-state index is 9.88. The third-order valence-electron chi connectivity index (χ3n) is 2.56. The van der Waals surface area contributed by atoms with Gasteiger partial charge < -0.3 is 15.3 Å². The molecule has 0 atom stereocenters. The van der Waals surface area contributed by atoms with Crippen molar-refractivity contribution in [3.63, 3.8) is 0 Å². The summed E-state index contributed by atoms with van der Waals surface area (Å²) in [6, 6.07) is 0. The van der Waals surface area contributed by atoms with Crippen molar-refractivity contribution in [3.8, 4) is 0 Å². The van der Waals surface area contributed by atoms with Gasteiger partial charge in [0, 0.05) is 25.7 Å². The van der Waals surface area contributed by atoms with Crippen LogP contribution in [0.1, 0.15) is 32.2 Å². The molecule has 0 aliphatic carbocycles. The first kappa shape index (κ1) is 14.7. The van der Waals surface area contributed by atoms with Crippen molar-refractivity contribution < 1.29 is 5.11 Å². The van der Waals surface area contributed by atoms with Gasteiger partial charge in [0.2, 0.25) is 0 Å². The summed E-state index contributed by atoms with van der Waals surface area (Å²) in [4.78, 5) is 10.8. The summed E-state index contributed by atoms with van der Waals surface area (Å²) in [5, 5.41) is 13.1. The highest BCUT2D eigenvalue weighted by atomic mass is 16.3. The van der Waals surface area contributed by atoms with Crippen molar-refractivity contribution in [2.45, 2.75) is 40.2 Å². The molecule has 2 N–H and O–H groups in total. The molecular formula is C13H24N4O. The Balaban J connectivity index is 3.08. The van der Waals surface area contributed by atoms with Crippen molar-refractivity contribution in [2.24, 2.45) is 0 Å². The lowest BCUT2D eigenvalue weighted by molar-refractivity contribution is 0.0884. The van der Waals surface area contributed by atoms with Crippen LogP contribution in [0.5, 0.6) is 0 Å². The van der Waals surface area contributed by atoms with Gasteiger partial charge in [0.25, 0.3) is 0 Å². The molecule has 0 aliphatic heterocycles. The van der Waals surface area contributed by atoms with Crippen molar-refractivity contribution in [1.82, 2.24) is 9.97 Å². The minimum Gasteiger partial charge on any atom is -0.389 e. The van der Waals surface area contributed by atoms with Crippen molar-refractivity contribution >= 4 is 11.6 Å². The zero-order valence-corrected chi connectivity index (χ0v) is 12.2. The van der Waals surface area contributed by atoms with Crippen LogP contribution in [-0.2, 0) is 0 Å². The number of likely N-dealkylation sites (N-methyl/N-ethyl adjacent to an activating group) is 1. The molecule has 0 aromatic carbocycles. The zero-order chi connectivity index (χ0) is 13.9. The maximum atomic E-state index is 9.88. The summed E-state index contributed by atoms with van der Waals surface area (Å²) < 4.78 is 0. The number of nitrogens with one attached hydrogen (secondary N) is 1. The van der Waals surface area contributed by atoms with Gasteiger partial charge in [0.15, 0.2) is 0 Å². The summed E-state index contributed by atoms with van der Waals surface area (Å²) in [6.07, 6.45) is 0. The molecule has 0 bridgehead atoms. The molecule has 1 heterocycles. The molecule has 0 saturated heterocycles. The third kappa shape index (κ3) is 3.84. The molecule has 102 valence electrons. The Bertz CT molecular complexity index is 412. The zero-order valence-electron chi connectivity index (χ0n) is 12.2. The summed E-state index contributed by atoms with van der Waals surface area (Å²) in [7, 11) is 1.93. The maximum Gasteiger partial charge on any atom is 0.137 e. The van der Waals surface area contributed by atoms with Gasteiger partial charge in [0.1, 0.15) is 17.5 Å². The van der Waals surface area contributed by atoms with E-state index in [-0.39, 0.29) is 0 Å². The minimum atomic E-state index is -0.752. The number of anilines is 2. The van der Waals surface area contributed by atoms with Crippen LogP contribution in [0.25, 0.3) is 0 Å². The Morgan fingerprint density at radius 3 is 2.39 bits per heavy atom. The number of aryl methyl sites for hydroxylation is 1. The molecule has 0 spiro atoms. The van der Waals surface area contributed by atoms with Crippen LogP contribution in [-0.4, -0.2) is 40.8 Å².